The molecule has 0 saturated heterocycles. The maximum Gasteiger partial charge on any atom is -0.00974 e. The monoisotopic (exact) mass is 509 g/mol. The summed E-state index contributed by atoms with van der Waals surface area (Å²) in [5.74, 6) is 3.47. The van der Waals surface area contributed by atoms with Crippen LogP contribution in [0.3, 0.4) is 0 Å². The van der Waals surface area contributed by atoms with Gasteiger partial charge in [-0.25, -0.2) is 0 Å². The van der Waals surface area contributed by atoms with Gasteiger partial charge in [-0.05, 0) is 104 Å². The highest BCUT2D eigenvalue weighted by molar-refractivity contribution is 5.68. The van der Waals surface area contributed by atoms with Gasteiger partial charge in [0.1, 0.15) is 0 Å². The van der Waals surface area contributed by atoms with Crippen molar-refractivity contribution in [3.8, 4) is 0 Å². The van der Waals surface area contributed by atoms with Gasteiger partial charge in [-0.15, -0.1) is 6.58 Å². The molecule has 0 nitrogen and oxygen atoms in total. The summed E-state index contributed by atoms with van der Waals surface area (Å²) in [7, 11) is 0. The van der Waals surface area contributed by atoms with Crippen LogP contribution in [0.15, 0.2) is 30.9 Å². The Morgan fingerprint density at radius 3 is 1.92 bits per heavy atom. The Hall–Kier alpha value is -1.30. The van der Waals surface area contributed by atoms with E-state index in [4.69, 9.17) is 0 Å². The zero-order valence-electron chi connectivity index (χ0n) is 26.4. The van der Waals surface area contributed by atoms with E-state index >= 15 is 0 Å². The minimum atomic E-state index is 0.783. The molecule has 37 heavy (non-hydrogen) atoms. The minimum Gasteiger partial charge on any atom is -0.103 e. The summed E-state index contributed by atoms with van der Waals surface area (Å²) in [6.07, 6.45) is 24.2. The first-order valence-corrected chi connectivity index (χ1v) is 16.2. The molecule has 0 saturated carbocycles. The van der Waals surface area contributed by atoms with E-state index in [0.717, 1.165) is 30.1 Å². The van der Waals surface area contributed by atoms with Gasteiger partial charge in [-0.2, -0.15) is 0 Å². The molecule has 0 spiro atoms. The Kier molecular flexibility index (Phi) is 18.0. The van der Waals surface area contributed by atoms with Crippen molar-refractivity contribution in [3.63, 3.8) is 0 Å². The fourth-order valence-corrected chi connectivity index (χ4v) is 6.44. The van der Waals surface area contributed by atoms with Gasteiger partial charge in [-0.1, -0.05) is 124 Å². The molecule has 0 N–H and O–H groups in total. The summed E-state index contributed by atoms with van der Waals surface area (Å²) in [6.45, 7) is 23.2. The number of hydrogen-bond acceptors (Lipinski definition) is 0. The molecule has 0 fully saturated rings. The molecule has 0 aliphatic carbocycles. The molecule has 0 heterocycles. The second kappa shape index (κ2) is 19.7. The van der Waals surface area contributed by atoms with Crippen LogP contribution in [0.25, 0.3) is 5.57 Å². The summed E-state index contributed by atoms with van der Waals surface area (Å²) in [5, 5.41) is 0. The molecule has 0 heteroatoms. The van der Waals surface area contributed by atoms with Gasteiger partial charge in [0.25, 0.3) is 0 Å². The van der Waals surface area contributed by atoms with Crippen LogP contribution in [-0.2, 0) is 6.42 Å². The fraction of sp³-hybridized carbons (Fsp3) is 0.730. The Balaban J connectivity index is 2.76. The maximum absolute atomic E-state index is 4.03. The SMILES string of the molecule is C=CCC(=CCCCCCC)c1cc(C)c(CCC(C)C(C)CCC(CC)C(CCC)CCC)c(C)c1. The van der Waals surface area contributed by atoms with Gasteiger partial charge >= 0.3 is 0 Å². The largest absolute Gasteiger partial charge is 0.103 e. The molecule has 3 unspecified atom stereocenters. The third kappa shape index (κ3) is 12.4. The average Bonchev–Trinajstić information content (AvgIpc) is 2.87. The van der Waals surface area contributed by atoms with Crippen LogP contribution in [-0.4, -0.2) is 0 Å². The van der Waals surface area contributed by atoms with E-state index in [1.54, 1.807) is 5.56 Å². The van der Waals surface area contributed by atoms with E-state index in [0.29, 0.717) is 0 Å². The zero-order chi connectivity index (χ0) is 27.6. The lowest BCUT2D eigenvalue weighted by atomic mass is 9.77. The Morgan fingerprint density at radius 2 is 1.38 bits per heavy atom. The highest BCUT2D eigenvalue weighted by Crippen LogP contribution is 2.33. The molecule has 1 aromatic carbocycles. The number of benzene rings is 1. The van der Waals surface area contributed by atoms with Gasteiger partial charge in [0.2, 0.25) is 0 Å². The Morgan fingerprint density at radius 1 is 0.757 bits per heavy atom. The van der Waals surface area contributed by atoms with Crippen molar-refractivity contribution in [2.75, 3.05) is 0 Å². The van der Waals surface area contributed by atoms with Crippen molar-refractivity contribution in [1.82, 2.24) is 0 Å². The molecule has 0 aliphatic rings. The van der Waals surface area contributed by atoms with Crippen molar-refractivity contribution >= 4 is 5.57 Å². The summed E-state index contributed by atoms with van der Waals surface area (Å²) in [6, 6.07) is 4.90. The molecule has 0 amide bonds. The zero-order valence-corrected chi connectivity index (χ0v) is 26.4. The molecule has 0 aliphatic heterocycles. The number of hydrogen-bond donors (Lipinski definition) is 0. The van der Waals surface area contributed by atoms with E-state index in [9.17, 15) is 0 Å². The molecule has 3 atom stereocenters. The number of allylic oxidation sites excluding steroid dienone is 3. The lowest BCUT2D eigenvalue weighted by Gasteiger charge is -2.28. The van der Waals surface area contributed by atoms with Crippen LogP contribution in [0, 0.1) is 37.5 Å². The van der Waals surface area contributed by atoms with Crippen LogP contribution in [0.2, 0.25) is 0 Å². The Labute approximate surface area is 233 Å². The standard InChI is InChI=1S/C37H64/c1-10-15-16-17-18-22-35(21-13-4)36-27-31(8)37(32(9)28-36)26-24-30(7)29(6)23-25-33(14-5)34(19-11-2)20-12-3/h13,22,27-30,33-34H,4,10-12,14-21,23-26H2,1-3,5-9H3. The smallest absolute Gasteiger partial charge is 0.00974 e. The van der Waals surface area contributed by atoms with E-state index in [-0.39, 0.29) is 0 Å². The molecule has 212 valence electrons. The van der Waals surface area contributed by atoms with Crippen molar-refractivity contribution in [2.24, 2.45) is 23.7 Å². The predicted octanol–water partition coefficient (Wildman–Crippen LogP) is 12.5. The van der Waals surface area contributed by atoms with Crippen LogP contribution >= 0.6 is 0 Å². The highest BCUT2D eigenvalue weighted by atomic mass is 14.3. The van der Waals surface area contributed by atoms with Crippen LogP contribution in [0.4, 0.5) is 0 Å². The van der Waals surface area contributed by atoms with Crippen LogP contribution < -0.4 is 0 Å². The van der Waals surface area contributed by atoms with Crippen molar-refractivity contribution in [1.29, 1.82) is 0 Å². The van der Waals surface area contributed by atoms with E-state index < -0.39 is 0 Å². The second-order valence-electron chi connectivity index (χ2n) is 12.2. The van der Waals surface area contributed by atoms with Gasteiger partial charge < -0.3 is 0 Å². The van der Waals surface area contributed by atoms with Crippen LogP contribution in [0.5, 0.6) is 0 Å². The number of unbranched alkanes of at least 4 members (excludes halogenated alkanes) is 4. The lowest BCUT2D eigenvalue weighted by molar-refractivity contribution is 0.232. The van der Waals surface area contributed by atoms with Gasteiger partial charge in [-0.3, -0.25) is 0 Å². The first-order valence-electron chi connectivity index (χ1n) is 16.2. The summed E-state index contributed by atoms with van der Waals surface area (Å²) < 4.78 is 0. The van der Waals surface area contributed by atoms with E-state index in [1.165, 1.54) is 112 Å². The average molecular weight is 509 g/mol. The van der Waals surface area contributed by atoms with E-state index in [1.807, 2.05) is 0 Å². The van der Waals surface area contributed by atoms with Gasteiger partial charge in [0.05, 0.1) is 0 Å². The maximum atomic E-state index is 4.03. The van der Waals surface area contributed by atoms with E-state index in [2.05, 4.69) is 86.3 Å². The quantitative estimate of drug-likeness (QED) is 0.114. The molecule has 1 rings (SSSR count). The van der Waals surface area contributed by atoms with Crippen molar-refractivity contribution < 1.29 is 0 Å². The highest BCUT2D eigenvalue weighted by Gasteiger charge is 2.21. The molecule has 0 radical (unpaired) electrons. The Bertz CT molecular complexity index is 737. The summed E-state index contributed by atoms with van der Waals surface area (Å²) in [4.78, 5) is 0. The molecule has 0 bridgehead atoms. The first kappa shape index (κ1) is 33.7. The normalized spacial score (nSPS) is 14.7. The predicted molar refractivity (Wildman–Crippen MR) is 170 cm³/mol. The van der Waals surface area contributed by atoms with Gasteiger partial charge in [0, 0.05) is 0 Å². The first-order chi connectivity index (χ1) is 17.8. The summed E-state index contributed by atoms with van der Waals surface area (Å²) >= 11 is 0. The molecule has 1 aromatic rings. The van der Waals surface area contributed by atoms with Gasteiger partial charge in [0.15, 0.2) is 0 Å². The van der Waals surface area contributed by atoms with Crippen molar-refractivity contribution in [2.45, 2.75) is 152 Å². The third-order valence-corrected chi connectivity index (χ3v) is 9.20. The second-order valence-corrected chi connectivity index (χ2v) is 12.2. The summed E-state index contributed by atoms with van der Waals surface area (Å²) in [5.41, 5.74) is 7.41. The minimum absolute atomic E-state index is 0.783. The third-order valence-electron chi connectivity index (χ3n) is 9.20. The van der Waals surface area contributed by atoms with Crippen LogP contribution in [0.1, 0.15) is 154 Å². The fourth-order valence-electron chi connectivity index (χ4n) is 6.44. The number of rotatable bonds is 21. The molecular weight excluding hydrogens is 444 g/mol. The van der Waals surface area contributed by atoms with Crippen molar-refractivity contribution in [3.05, 3.63) is 53.1 Å². The topological polar surface area (TPSA) is 0 Å². The lowest BCUT2D eigenvalue weighted by Crippen LogP contribution is -2.17. The number of aryl methyl sites for hydroxylation is 2. The molecular formula is C37H64. The molecule has 0 aromatic heterocycles.